The number of benzene rings is 2. The minimum atomic E-state index is -4.38. The Morgan fingerprint density at radius 2 is 1.97 bits per heavy atom. The zero-order chi connectivity index (χ0) is 23.6. The number of alkyl halides is 3. The maximum atomic E-state index is 13.1. The molecule has 0 radical (unpaired) electrons. The van der Waals surface area contributed by atoms with Gasteiger partial charge in [-0.1, -0.05) is 12.1 Å². The van der Waals surface area contributed by atoms with E-state index < -0.39 is 12.7 Å². The van der Waals surface area contributed by atoms with Gasteiger partial charge in [0.1, 0.15) is 18.1 Å². The summed E-state index contributed by atoms with van der Waals surface area (Å²) in [4.78, 5) is 21.2. The molecule has 4 aromatic rings. The molecule has 172 valence electrons. The molecule has 2 aromatic heterocycles. The van der Waals surface area contributed by atoms with Gasteiger partial charge >= 0.3 is 6.18 Å². The summed E-state index contributed by atoms with van der Waals surface area (Å²) in [7, 11) is 1.51. The van der Waals surface area contributed by atoms with Crippen molar-refractivity contribution in [3.8, 4) is 11.4 Å². The summed E-state index contributed by atoms with van der Waals surface area (Å²) in [6.07, 6.45) is -0.738. The molecular weight excluding hydrogens is 435 g/mol. The van der Waals surface area contributed by atoms with Crippen LogP contribution < -0.4 is 10.1 Å². The molecular formula is C23H22F3N5O2. The maximum Gasteiger partial charge on any atom is 0.406 e. The average Bonchev–Trinajstić information content (AvgIpc) is 3.36. The van der Waals surface area contributed by atoms with Crippen molar-refractivity contribution in [2.75, 3.05) is 13.7 Å². The predicted octanol–water partition coefficient (Wildman–Crippen LogP) is 4.07. The van der Waals surface area contributed by atoms with Crippen LogP contribution >= 0.6 is 0 Å². The molecule has 1 amide bonds. The molecule has 0 atom stereocenters. The first-order valence-electron chi connectivity index (χ1n) is 10.2. The van der Waals surface area contributed by atoms with Crippen LogP contribution in [0.4, 0.5) is 13.2 Å². The van der Waals surface area contributed by atoms with Gasteiger partial charge in [-0.25, -0.2) is 9.97 Å². The molecule has 4 rings (SSSR count). The number of carbonyl (C=O) groups is 1. The Labute approximate surface area is 187 Å². The predicted molar refractivity (Wildman–Crippen MR) is 117 cm³/mol. The van der Waals surface area contributed by atoms with E-state index >= 15 is 0 Å². The molecule has 0 aliphatic rings. The Bertz CT molecular complexity index is 1290. The minimum absolute atomic E-state index is 0.130. The Hall–Kier alpha value is -3.82. The highest BCUT2D eigenvalue weighted by Crippen LogP contribution is 2.25. The van der Waals surface area contributed by atoms with Gasteiger partial charge < -0.3 is 19.2 Å². The van der Waals surface area contributed by atoms with E-state index in [9.17, 15) is 18.0 Å². The molecule has 0 fully saturated rings. The molecule has 1 N–H and O–H groups in total. The van der Waals surface area contributed by atoms with Crippen LogP contribution in [0.1, 0.15) is 21.9 Å². The number of methoxy groups -OCH3 is 1. The standard InChI is InChI=1S/C23H22F3N5O2/c1-15-12-30(14-28-15)19-8-7-16(11-20(19)33-2)22(32)27-10-9-21-29-17-5-3-4-6-18(17)31(21)13-23(24,25)26/h3-8,11-12,14H,9-10,13H2,1-2H3,(H,27,32). The quantitative estimate of drug-likeness (QED) is 0.454. The van der Waals surface area contributed by atoms with Gasteiger partial charge in [-0.2, -0.15) is 13.2 Å². The first-order chi connectivity index (χ1) is 15.7. The molecule has 0 saturated heterocycles. The third-order valence-corrected chi connectivity index (χ3v) is 5.14. The second kappa shape index (κ2) is 8.97. The second-order valence-corrected chi connectivity index (χ2v) is 7.53. The van der Waals surface area contributed by atoms with E-state index in [0.717, 1.165) is 15.9 Å². The molecule has 0 bridgehead atoms. The molecule has 0 aliphatic carbocycles. The minimum Gasteiger partial charge on any atom is -0.495 e. The van der Waals surface area contributed by atoms with Crippen molar-refractivity contribution in [3.05, 3.63) is 72.1 Å². The molecule has 7 nitrogen and oxygen atoms in total. The maximum absolute atomic E-state index is 13.1. The fraction of sp³-hybridized carbons (Fsp3) is 0.261. The number of nitrogens with zero attached hydrogens (tertiary/aromatic N) is 4. The third-order valence-electron chi connectivity index (χ3n) is 5.14. The summed E-state index contributed by atoms with van der Waals surface area (Å²) in [5.41, 5.74) is 2.84. The number of imidazole rings is 2. The van der Waals surface area contributed by atoms with E-state index in [1.54, 1.807) is 53.4 Å². The smallest absolute Gasteiger partial charge is 0.406 e. The lowest BCUT2D eigenvalue weighted by Crippen LogP contribution is -2.27. The Balaban J connectivity index is 1.48. The fourth-order valence-corrected chi connectivity index (χ4v) is 3.65. The van der Waals surface area contributed by atoms with Crippen molar-refractivity contribution >= 4 is 16.9 Å². The van der Waals surface area contributed by atoms with Crippen LogP contribution in [0, 0.1) is 6.92 Å². The van der Waals surface area contributed by atoms with Gasteiger partial charge in [0.25, 0.3) is 5.91 Å². The summed E-state index contributed by atoms with van der Waals surface area (Å²) >= 11 is 0. The number of halogens is 3. The number of fused-ring (bicyclic) bond motifs is 1. The first-order valence-corrected chi connectivity index (χ1v) is 10.2. The number of rotatable bonds is 7. The summed E-state index contributed by atoms with van der Waals surface area (Å²) in [6, 6.07) is 11.7. The summed E-state index contributed by atoms with van der Waals surface area (Å²) in [6.45, 7) is 0.863. The normalized spacial score (nSPS) is 11.7. The summed E-state index contributed by atoms with van der Waals surface area (Å²) in [5, 5.41) is 2.75. The lowest BCUT2D eigenvalue weighted by Gasteiger charge is -2.13. The van der Waals surface area contributed by atoms with E-state index in [0.29, 0.717) is 22.3 Å². The van der Waals surface area contributed by atoms with Crippen LogP contribution in [0.2, 0.25) is 0 Å². The Morgan fingerprint density at radius 3 is 2.67 bits per heavy atom. The van der Waals surface area contributed by atoms with Gasteiger partial charge in [0, 0.05) is 24.7 Å². The van der Waals surface area contributed by atoms with Crippen LogP contribution in [0.5, 0.6) is 5.75 Å². The molecule has 0 unspecified atom stereocenters. The van der Waals surface area contributed by atoms with Gasteiger partial charge in [0.2, 0.25) is 0 Å². The van der Waals surface area contributed by atoms with Crippen molar-refractivity contribution in [3.63, 3.8) is 0 Å². The summed E-state index contributed by atoms with van der Waals surface area (Å²) in [5.74, 6) is 0.393. The molecule has 0 aliphatic heterocycles. The highest BCUT2D eigenvalue weighted by Gasteiger charge is 2.30. The molecule has 10 heteroatoms. The van der Waals surface area contributed by atoms with Crippen molar-refractivity contribution in [2.45, 2.75) is 26.1 Å². The van der Waals surface area contributed by atoms with Crippen LogP contribution in [0.25, 0.3) is 16.7 Å². The number of carbonyl (C=O) groups excluding carboxylic acids is 1. The zero-order valence-electron chi connectivity index (χ0n) is 18.1. The lowest BCUT2D eigenvalue weighted by molar-refractivity contribution is -0.140. The average molecular weight is 457 g/mol. The molecule has 2 heterocycles. The lowest BCUT2D eigenvalue weighted by atomic mass is 10.1. The highest BCUT2D eigenvalue weighted by molar-refractivity contribution is 5.95. The van der Waals surface area contributed by atoms with Gasteiger partial charge in [-0.15, -0.1) is 0 Å². The van der Waals surface area contributed by atoms with E-state index in [1.807, 2.05) is 13.1 Å². The number of para-hydroxylation sites is 2. The monoisotopic (exact) mass is 457 g/mol. The van der Waals surface area contributed by atoms with Gasteiger partial charge in [0.15, 0.2) is 0 Å². The number of nitrogens with one attached hydrogen (secondary N) is 1. The Kier molecular flexibility index (Phi) is 6.08. The van der Waals surface area contributed by atoms with Gasteiger partial charge in [0.05, 0.1) is 35.9 Å². The number of aromatic nitrogens is 4. The fourth-order valence-electron chi connectivity index (χ4n) is 3.65. The van der Waals surface area contributed by atoms with Crippen molar-refractivity contribution in [2.24, 2.45) is 0 Å². The molecule has 33 heavy (non-hydrogen) atoms. The van der Waals surface area contributed by atoms with Crippen molar-refractivity contribution in [1.82, 2.24) is 24.4 Å². The van der Waals surface area contributed by atoms with Crippen LogP contribution in [-0.2, 0) is 13.0 Å². The second-order valence-electron chi connectivity index (χ2n) is 7.53. The van der Waals surface area contributed by atoms with E-state index in [1.165, 1.54) is 7.11 Å². The number of hydrogen-bond donors (Lipinski definition) is 1. The van der Waals surface area contributed by atoms with Crippen molar-refractivity contribution < 1.29 is 22.7 Å². The molecule has 0 spiro atoms. The number of aryl methyl sites for hydroxylation is 1. The SMILES string of the molecule is COc1cc(C(=O)NCCc2nc3ccccc3n2CC(F)(F)F)ccc1-n1cnc(C)c1. The zero-order valence-corrected chi connectivity index (χ0v) is 18.1. The highest BCUT2D eigenvalue weighted by atomic mass is 19.4. The first kappa shape index (κ1) is 22.4. The van der Waals surface area contributed by atoms with Gasteiger partial charge in [-0.3, -0.25) is 4.79 Å². The topological polar surface area (TPSA) is 74.0 Å². The number of ether oxygens (including phenoxy) is 1. The van der Waals surface area contributed by atoms with Gasteiger partial charge in [-0.05, 0) is 37.3 Å². The van der Waals surface area contributed by atoms with E-state index in [-0.39, 0.29) is 24.7 Å². The Morgan fingerprint density at radius 1 is 1.18 bits per heavy atom. The van der Waals surface area contributed by atoms with Crippen molar-refractivity contribution in [1.29, 1.82) is 0 Å². The number of hydrogen-bond acceptors (Lipinski definition) is 4. The molecule has 0 saturated carbocycles. The third kappa shape index (κ3) is 5.00. The van der Waals surface area contributed by atoms with E-state index in [4.69, 9.17) is 4.74 Å². The number of amides is 1. The van der Waals surface area contributed by atoms with Crippen LogP contribution in [-0.4, -0.2) is 44.8 Å². The van der Waals surface area contributed by atoms with E-state index in [2.05, 4.69) is 15.3 Å². The molecule has 2 aromatic carbocycles. The largest absolute Gasteiger partial charge is 0.495 e. The summed E-state index contributed by atoms with van der Waals surface area (Å²) < 4.78 is 47.6. The van der Waals surface area contributed by atoms with Crippen LogP contribution in [0.3, 0.4) is 0 Å². The van der Waals surface area contributed by atoms with Crippen LogP contribution in [0.15, 0.2) is 55.0 Å².